The van der Waals surface area contributed by atoms with Gasteiger partial charge in [0.25, 0.3) is 10.0 Å². The van der Waals surface area contributed by atoms with Crippen molar-refractivity contribution in [3.8, 4) is 0 Å². The van der Waals surface area contributed by atoms with Gasteiger partial charge in [0, 0.05) is 32.4 Å². The quantitative estimate of drug-likeness (QED) is 0.817. The fraction of sp³-hybridized carbons (Fsp3) is 0.364. The summed E-state index contributed by atoms with van der Waals surface area (Å²) < 4.78 is 56.5. The summed E-state index contributed by atoms with van der Waals surface area (Å²) in [6.07, 6.45) is -0.601. The van der Waals surface area contributed by atoms with E-state index in [0.717, 1.165) is 11.1 Å². The number of nitrogens with one attached hydrogen (secondary N) is 1. The maximum absolute atomic E-state index is 12.6. The molecule has 0 amide bonds. The Morgan fingerprint density at radius 3 is 2.47 bits per heavy atom. The second-order valence-corrected chi connectivity index (χ2v) is 5.84. The molecule has 106 valence electrons. The van der Waals surface area contributed by atoms with Crippen molar-refractivity contribution in [2.75, 3.05) is 26.2 Å². The highest BCUT2D eigenvalue weighted by Crippen LogP contribution is 2.25. The highest BCUT2D eigenvalue weighted by atomic mass is 35.5. The molecular weight excluding hydrogens is 309 g/mol. The zero-order valence-electron chi connectivity index (χ0n) is 13.8. The molecule has 0 spiro atoms. The Balaban J connectivity index is 0.00000132. The van der Waals surface area contributed by atoms with Gasteiger partial charge in [-0.15, -0.1) is 24.8 Å². The fourth-order valence-corrected chi connectivity index (χ4v) is 3.30. The minimum Gasteiger partial charge on any atom is -0.309 e. The molecule has 1 aromatic heterocycles. The van der Waals surface area contributed by atoms with Crippen LogP contribution in [-0.4, -0.2) is 43.9 Å². The molecule has 0 aromatic carbocycles. The number of hydrogen-bond acceptors (Lipinski definition) is 4. The second kappa shape index (κ2) is 6.19. The minimum absolute atomic E-state index is 0. The predicted molar refractivity (Wildman–Crippen MR) is 77.4 cm³/mol. The Morgan fingerprint density at radius 2 is 1.84 bits per heavy atom. The molecule has 3 heterocycles. The summed E-state index contributed by atoms with van der Waals surface area (Å²) in [4.78, 5) is 3.55. The molecule has 0 aliphatic carbocycles. The van der Waals surface area contributed by atoms with Gasteiger partial charge < -0.3 is 5.32 Å². The van der Waals surface area contributed by atoms with Crippen molar-refractivity contribution in [1.82, 2.24) is 14.6 Å². The largest absolute Gasteiger partial charge is 0.309 e. The van der Waals surface area contributed by atoms with Crippen LogP contribution in [0.3, 0.4) is 0 Å². The van der Waals surface area contributed by atoms with Crippen molar-refractivity contribution in [2.45, 2.75) is 5.03 Å². The van der Waals surface area contributed by atoms with Crippen molar-refractivity contribution >= 4 is 34.8 Å². The zero-order valence-corrected chi connectivity index (χ0v) is 12.2. The van der Waals surface area contributed by atoms with E-state index in [1.165, 1.54) is 4.31 Å². The van der Waals surface area contributed by atoms with Gasteiger partial charge in [0.05, 0.1) is 5.48 Å². The van der Waals surface area contributed by atoms with E-state index < -0.39 is 39.3 Å². The Morgan fingerprint density at radius 1 is 1.21 bits per heavy atom. The SMILES string of the molecule is Cl.Cl.[2H]c1nc(S(=O)(=O)N2CC3=C(CNC3)C2)c([2H])c([2H])c1[2H]. The Labute approximate surface area is 130 Å². The first-order chi connectivity index (χ1) is 9.82. The van der Waals surface area contributed by atoms with Gasteiger partial charge in [-0.3, -0.25) is 0 Å². The van der Waals surface area contributed by atoms with Crippen molar-refractivity contribution < 1.29 is 13.9 Å². The molecule has 1 aromatic rings. The molecular formula is C11H15Cl2N3O2S. The molecule has 0 saturated heterocycles. The van der Waals surface area contributed by atoms with Gasteiger partial charge >= 0.3 is 0 Å². The molecule has 3 rings (SSSR count). The molecule has 0 fully saturated rings. The van der Waals surface area contributed by atoms with Crippen LogP contribution in [0.2, 0.25) is 0 Å². The molecule has 2 aliphatic rings. The van der Waals surface area contributed by atoms with Gasteiger partial charge in [0.2, 0.25) is 0 Å². The molecule has 8 heteroatoms. The van der Waals surface area contributed by atoms with Gasteiger partial charge in [-0.2, -0.15) is 4.31 Å². The Kier molecular flexibility index (Phi) is 3.60. The molecule has 19 heavy (non-hydrogen) atoms. The molecule has 0 atom stereocenters. The highest BCUT2D eigenvalue weighted by Gasteiger charge is 2.34. The molecule has 1 N–H and O–H groups in total. The molecule has 0 unspecified atom stereocenters. The van der Waals surface area contributed by atoms with E-state index in [1.807, 2.05) is 0 Å². The minimum atomic E-state index is -4.03. The number of sulfonamides is 1. The van der Waals surface area contributed by atoms with Gasteiger partial charge in [0.1, 0.15) is 0 Å². The third-order valence-electron chi connectivity index (χ3n) is 2.94. The molecule has 2 aliphatic heterocycles. The summed E-state index contributed by atoms with van der Waals surface area (Å²) in [6.45, 7) is 1.80. The molecule has 5 nitrogen and oxygen atoms in total. The first kappa shape index (κ1) is 11.0. The normalized spacial score (nSPS) is 21.7. The lowest BCUT2D eigenvalue weighted by molar-refractivity contribution is 0.470. The van der Waals surface area contributed by atoms with Gasteiger partial charge in [-0.1, -0.05) is 6.04 Å². The standard InChI is InChI=1S/C11H13N3O2S.2ClH/c15-17(16,11-3-1-2-4-13-11)14-7-9-5-12-6-10(9)8-14;;/h1-4,12H,5-8H2;2*1H/i1D,2D,3D,4D;;. The van der Waals surface area contributed by atoms with Gasteiger partial charge in [-0.25, -0.2) is 13.4 Å². The monoisotopic (exact) mass is 327 g/mol. The summed E-state index contributed by atoms with van der Waals surface area (Å²) in [7, 11) is -4.03. The smallest absolute Gasteiger partial charge is 0.261 e. The average Bonchev–Trinajstić information content (AvgIpc) is 3.01. The zero-order chi connectivity index (χ0) is 15.4. The van der Waals surface area contributed by atoms with Crippen LogP contribution in [0.1, 0.15) is 5.48 Å². The van der Waals surface area contributed by atoms with Crippen LogP contribution in [0.25, 0.3) is 0 Å². The number of pyridine rings is 1. The first-order valence-corrected chi connectivity index (χ1v) is 6.61. The lowest BCUT2D eigenvalue weighted by Gasteiger charge is -2.17. The van der Waals surface area contributed by atoms with Crippen LogP contribution in [0.4, 0.5) is 0 Å². The lowest BCUT2D eigenvalue weighted by Crippen LogP contribution is -2.33. The summed E-state index contributed by atoms with van der Waals surface area (Å²) >= 11 is 0. The highest BCUT2D eigenvalue weighted by molar-refractivity contribution is 7.89. The van der Waals surface area contributed by atoms with E-state index in [9.17, 15) is 8.42 Å². The van der Waals surface area contributed by atoms with E-state index >= 15 is 0 Å². The van der Waals surface area contributed by atoms with Gasteiger partial charge in [0.15, 0.2) is 5.03 Å². The second-order valence-electron chi connectivity index (χ2n) is 3.99. The maximum Gasteiger partial charge on any atom is 0.261 e. The summed E-state index contributed by atoms with van der Waals surface area (Å²) in [5.41, 5.74) is 2.05. The molecule has 0 saturated carbocycles. The van der Waals surface area contributed by atoms with Crippen molar-refractivity contribution in [3.05, 3.63) is 35.4 Å². The topological polar surface area (TPSA) is 62.3 Å². The fourth-order valence-electron chi connectivity index (χ4n) is 2.07. The van der Waals surface area contributed by atoms with E-state index in [-0.39, 0.29) is 37.9 Å². The Hall–Kier alpha value is -0.660. The van der Waals surface area contributed by atoms with Crippen LogP contribution < -0.4 is 5.32 Å². The van der Waals surface area contributed by atoms with E-state index in [0.29, 0.717) is 13.1 Å². The van der Waals surface area contributed by atoms with E-state index in [4.69, 9.17) is 5.48 Å². The number of hydrogen-bond donors (Lipinski definition) is 1. The predicted octanol–water partition coefficient (Wildman–Crippen LogP) is 0.829. The third kappa shape index (κ3) is 2.93. The van der Waals surface area contributed by atoms with Crippen LogP contribution in [0.5, 0.6) is 0 Å². The van der Waals surface area contributed by atoms with Gasteiger partial charge in [-0.05, 0) is 23.2 Å². The van der Waals surface area contributed by atoms with Crippen LogP contribution in [-0.2, 0) is 10.0 Å². The maximum atomic E-state index is 12.6. The van der Waals surface area contributed by atoms with Crippen molar-refractivity contribution in [2.24, 2.45) is 0 Å². The number of aromatic nitrogens is 1. The molecule has 0 bridgehead atoms. The lowest BCUT2D eigenvalue weighted by atomic mass is 10.2. The van der Waals surface area contributed by atoms with E-state index in [2.05, 4.69) is 10.3 Å². The van der Waals surface area contributed by atoms with Crippen LogP contribution >= 0.6 is 24.8 Å². The Bertz CT molecular complexity index is 757. The average molecular weight is 328 g/mol. The number of rotatable bonds is 2. The van der Waals surface area contributed by atoms with Crippen molar-refractivity contribution in [1.29, 1.82) is 0 Å². The number of nitrogens with zero attached hydrogens (tertiary/aromatic N) is 2. The van der Waals surface area contributed by atoms with Crippen LogP contribution in [0, 0.1) is 0 Å². The third-order valence-corrected chi connectivity index (χ3v) is 4.56. The molecule has 0 radical (unpaired) electrons. The summed E-state index contributed by atoms with van der Waals surface area (Å²) in [5, 5.41) is 2.53. The van der Waals surface area contributed by atoms with E-state index in [1.54, 1.807) is 0 Å². The first-order valence-electron chi connectivity index (χ1n) is 7.17. The number of halogens is 2. The summed E-state index contributed by atoms with van der Waals surface area (Å²) in [6, 6.07) is -1.75. The van der Waals surface area contributed by atoms with Crippen LogP contribution in [0.15, 0.2) is 40.5 Å². The van der Waals surface area contributed by atoms with Crippen molar-refractivity contribution in [3.63, 3.8) is 0 Å². The summed E-state index contributed by atoms with van der Waals surface area (Å²) in [5.74, 6) is 0.